The minimum absolute atomic E-state index is 0.667. The molecule has 3 rings (SSSR count). The van der Waals surface area contributed by atoms with Crippen LogP contribution in [-0.4, -0.2) is 24.5 Å². The lowest BCUT2D eigenvalue weighted by Crippen LogP contribution is -2.48. The zero-order valence-corrected chi connectivity index (χ0v) is 8.10. The van der Waals surface area contributed by atoms with E-state index in [9.17, 15) is 0 Å². The molecule has 0 amide bonds. The van der Waals surface area contributed by atoms with Crippen LogP contribution in [0.25, 0.3) is 0 Å². The van der Waals surface area contributed by atoms with Crippen LogP contribution in [0.15, 0.2) is 12.2 Å². The molecule has 1 heteroatoms. The molecule has 0 spiro atoms. The summed E-state index contributed by atoms with van der Waals surface area (Å²) in [7, 11) is 0. The van der Waals surface area contributed by atoms with Crippen LogP contribution in [0.1, 0.15) is 32.6 Å². The Morgan fingerprint density at radius 1 is 1.25 bits per heavy atom. The van der Waals surface area contributed by atoms with Crippen molar-refractivity contribution in [3.63, 3.8) is 0 Å². The highest BCUT2D eigenvalue weighted by molar-refractivity contribution is 5.01. The molecular formula is C11H19N. The minimum Gasteiger partial charge on any atom is -0.303 e. The topological polar surface area (TPSA) is 3.24 Å². The first-order chi connectivity index (χ1) is 5.70. The number of piperidine rings is 3. The molecule has 0 unspecified atom stereocenters. The third-order valence-electron chi connectivity index (χ3n) is 3.55. The van der Waals surface area contributed by atoms with Crippen LogP contribution in [0.2, 0.25) is 0 Å². The maximum atomic E-state index is 4.05. The maximum Gasteiger partial charge on any atom is -0.00133 e. The molecule has 0 atom stereocenters. The number of rotatable bonds is 2. The molecule has 0 aromatic heterocycles. The summed E-state index contributed by atoms with van der Waals surface area (Å²) in [5.74, 6) is 0. The van der Waals surface area contributed by atoms with Crippen LogP contribution in [0.4, 0.5) is 0 Å². The van der Waals surface area contributed by atoms with E-state index in [0.717, 1.165) is 0 Å². The Morgan fingerprint density at radius 2 is 1.75 bits per heavy atom. The standard InChI is InChI=1S/C11H19N/c1-10(2)9-11-3-6-12(7-4-11)8-5-11/h1,3-9H2,2H3. The summed E-state index contributed by atoms with van der Waals surface area (Å²) in [6, 6.07) is 0. The van der Waals surface area contributed by atoms with Gasteiger partial charge in [0.05, 0.1) is 0 Å². The van der Waals surface area contributed by atoms with E-state index >= 15 is 0 Å². The third-order valence-corrected chi connectivity index (χ3v) is 3.55. The average Bonchev–Trinajstić information content (AvgIpc) is 2.05. The smallest absolute Gasteiger partial charge is 0.00133 e. The van der Waals surface area contributed by atoms with Gasteiger partial charge in [0.2, 0.25) is 0 Å². The molecule has 0 radical (unpaired) electrons. The fraction of sp³-hybridized carbons (Fsp3) is 0.818. The molecule has 3 saturated heterocycles. The van der Waals surface area contributed by atoms with Crippen molar-refractivity contribution in [2.24, 2.45) is 5.41 Å². The quantitative estimate of drug-likeness (QED) is 0.568. The van der Waals surface area contributed by atoms with Crippen LogP contribution in [0.3, 0.4) is 0 Å². The predicted molar refractivity (Wildman–Crippen MR) is 52.2 cm³/mol. The Kier molecular flexibility index (Phi) is 1.99. The maximum absolute atomic E-state index is 4.05. The van der Waals surface area contributed by atoms with Crippen molar-refractivity contribution in [2.75, 3.05) is 19.6 Å². The lowest BCUT2D eigenvalue weighted by Gasteiger charge is -2.48. The Balaban J connectivity index is 2.03. The monoisotopic (exact) mass is 165 g/mol. The van der Waals surface area contributed by atoms with Gasteiger partial charge < -0.3 is 4.90 Å². The number of hydrogen-bond acceptors (Lipinski definition) is 1. The van der Waals surface area contributed by atoms with Crippen LogP contribution in [0, 0.1) is 5.41 Å². The molecule has 3 aliphatic heterocycles. The fourth-order valence-electron chi connectivity index (χ4n) is 2.80. The summed E-state index contributed by atoms with van der Waals surface area (Å²) in [5, 5.41) is 0. The summed E-state index contributed by atoms with van der Waals surface area (Å²) in [6.45, 7) is 10.2. The van der Waals surface area contributed by atoms with E-state index in [1.54, 1.807) is 0 Å². The zero-order valence-electron chi connectivity index (χ0n) is 8.10. The van der Waals surface area contributed by atoms with E-state index in [0.29, 0.717) is 5.41 Å². The van der Waals surface area contributed by atoms with Crippen LogP contribution >= 0.6 is 0 Å². The van der Waals surface area contributed by atoms with Gasteiger partial charge in [0.25, 0.3) is 0 Å². The summed E-state index contributed by atoms with van der Waals surface area (Å²) in [5.41, 5.74) is 2.05. The van der Waals surface area contributed by atoms with E-state index in [2.05, 4.69) is 18.4 Å². The Hall–Kier alpha value is -0.300. The Labute approximate surface area is 75.4 Å². The summed E-state index contributed by atoms with van der Waals surface area (Å²) >= 11 is 0. The summed E-state index contributed by atoms with van der Waals surface area (Å²) < 4.78 is 0. The summed E-state index contributed by atoms with van der Waals surface area (Å²) in [6.07, 6.45) is 5.53. The molecule has 0 N–H and O–H groups in total. The summed E-state index contributed by atoms with van der Waals surface area (Å²) in [4.78, 5) is 2.60. The molecule has 0 aliphatic carbocycles. The normalized spacial score (nSPS) is 39.9. The van der Waals surface area contributed by atoms with Crippen LogP contribution in [-0.2, 0) is 0 Å². The molecule has 3 aliphatic rings. The van der Waals surface area contributed by atoms with Gasteiger partial charge in [-0.15, -0.1) is 6.58 Å². The van der Waals surface area contributed by atoms with Crippen molar-refractivity contribution < 1.29 is 0 Å². The average molecular weight is 165 g/mol. The number of nitrogens with zero attached hydrogens (tertiary/aromatic N) is 1. The second-order valence-corrected chi connectivity index (χ2v) is 4.73. The minimum atomic E-state index is 0.667. The molecular weight excluding hydrogens is 146 g/mol. The van der Waals surface area contributed by atoms with E-state index in [4.69, 9.17) is 0 Å². The van der Waals surface area contributed by atoms with Gasteiger partial charge >= 0.3 is 0 Å². The Bertz CT molecular complexity index is 173. The molecule has 1 nitrogen and oxygen atoms in total. The highest BCUT2D eigenvalue weighted by Crippen LogP contribution is 2.44. The Morgan fingerprint density at radius 3 is 2.17 bits per heavy atom. The van der Waals surface area contributed by atoms with Crippen molar-refractivity contribution in [3.8, 4) is 0 Å². The number of allylic oxidation sites excluding steroid dienone is 1. The van der Waals surface area contributed by atoms with Crippen molar-refractivity contribution >= 4 is 0 Å². The van der Waals surface area contributed by atoms with Gasteiger partial charge in [-0.25, -0.2) is 0 Å². The van der Waals surface area contributed by atoms with Gasteiger partial charge in [-0.2, -0.15) is 0 Å². The molecule has 12 heavy (non-hydrogen) atoms. The van der Waals surface area contributed by atoms with Gasteiger partial charge in [-0.05, 0) is 57.7 Å². The fourth-order valence-corrected chi connectivity index (χ4v) is 2.80. The van der Waals surface area contributed by atoms with Crippen molar-refractivity contribution in [1.29, 1.82) is 0 Å². The van der Waals surface area contributed by atoms with E-state index < -0.39 is 0 Å². The largest absolute Gasteiger partial charge is 0.303 e. The van der Waals surface area contributed by atoms with Crippen molar-refractivity contribution in [1.82, 2.24) is 4.90 Å². The lowest BCUT2D eigenvalue weighted by molar-refractivity contribution is 0.0267. The van der Waals surface area contributed by atoms with E-state index in [1.807, 2.05) is 0 Å². The third kappa shape index (κ3) is 1.42. The highest BCUT2D eigenvalue weighted by atomic mass is 15.1. The molecule has 68 valence electrons. The molecule has 3 fully saturated rings. The van der Waals surface area contributed by atoms with Gasteiger partial charge in [-0.1, -0.05) is 5.57 Å². The SMILES string of the molecule is C=C(C)CC12CCN(CC1)CC2. The van der Waals surface area contributed by atoms with E-state index in [1.165, 1.54) is 50.9 Å². The number of hydrogen-bond donors (Lipinski definition) is 0. The van der Waals surface area contributed by atoms with Gasteiger partial charge in [0.1, 0.15) is 0 Å². The zero-order chi connectivity index (χ0) is 8.60. The first-order valence-electron chi connectivity index (χ1n) is 5.07. The van der Waals surface area contributed by atoms with Crippen molar-refractivity contribution in [3.05, 3.63) is 12.2 Å². The van der Waals surface area contributed by atoms with Crippen LogP contribution in [0.5, 0.6) is 0 Å². The van der Waals surface area contributed by atoms with Gasteiger partial charge in [-0.3, -0.25) is 0 Å². The molecule has 0 aromatic rings. The number of fused-ring (bicyclic) bond motifs is 3. The predicted octanol–water partition coefficient (Wildman–Crippen LogP) is 2.44. The molecule has 0 aromatic carbocycles. The lowest BCUT2D eigenvalue weighted by atomic mass is 9.69. The molecule has 0 saturated carbocycles. The highest BCUT2D eigenvalue weighted by Gasteiger charge is 2.38. The van der Waals surface area contributed by atoms with Gasteiger partial charge in [0, 0.05) is 0 Å². The molecule has 2 bridgehead atoms. The first-order valence-corrected chi connectivity index (χ1v) is 5.07. The van der Waals surface area contributed by atoms with Crippen LogP contribution < -0.4 is 0 Å². The van der Waals surface area contributed by atoms with Gasteiger partial charge in [0.15, 0.2) is 0 Å². The van der Waals surface area contributed by atoms with Crippen molar-refractivity contribution in [2.45, 2.75) is 32.6 Å². The second-order valence-electron chi connectivity index (χ2n) is 4.73. The first kappa shape index (κ1) is 8.31. The van der Waals surface area contributed by atoms with E-state index in [-0.39, 0.29) is 0 Å². The molecule has 3 heterocycles. The second kappa shape index (κ2) is 2.88.